The summed E-state index contributed by atoms with van der Waals surface area (Å²) < 4.78 is 1.98. The minimum absolute atomic E-state index is 0.414. The molecule has 0 atom stereocenters. The number of H-pyrrole nitrogens is 3. The fraction of sp³-hybridized carbons (Fsp3) is 0.0667. The van der Waals surface area contributed by atoms with E-state index in [4.69, 9.17) is 12.2 Å². The SMILES string of the molecule is Cc1cc(-c2n[nH]c(=S)n2/N=C/c2c[nH]c3ccccc23)n[nH]1. The van der Waals surface area contributed by atoms with Crippen LogP contribution in [-0.2, 0) is 0 Å². The fourth-order valence-corrected chi connectivity index (χ4v) is 2.60. The van der Waals surface area contributed by atoms with Crippen LogP contribution < -0.4 is 0 Å². The van der Waals surface area contributed by atoms with Gasteiger partial charge in [-0.2, -0.15) is 20.0 Å². The van der Waals surface area contributed by atoms with Gasteiger partial charge in [0.25, 0.3) is 0 Å². The van der Waals surface area contributed by atoms with Gasteiger partial charge in [-0.1, -0.05) is 18.2 Å². The number of hydrogen-bond acceptors (Lipinski definition) is 4. The third-order valence-corrected chi connectivity index (χ3v) is 3.78. The number of aryl methyl sites for hydroxylation is 1. The van der Waals surface area contributed by atoms with Crippen molar-refractivity contribution < 1.29 is 0 Å². The zero-order valence-corrected chi connectivity index (χ0v) is 13.1. The number of fused-ring (bicyclic) bond motifs is 1. The zero-order chi connectivity index (χ0) is 15.8. The molecule has 0 saturated carbocycles. The molecule has 23 heavy (non-hydrogen) atoms. The Bertz CT molecular complexity index is 1060. The van der Waals surface area contributed by atoms with Gasteiger partial charge in [0.2, 0.25) is 10.6 Å². The summed E-state index contributed by atoms with van der Waals surface area (Å²) in [6, 6.07) is 9.94. The van der Waals surface area contributed by atoms with Gasteiger partial charge in [0, 0.05) is 28.4 Å². The summed E-state index contributed by atoms with van der Waals surface area (Å²) >= 11 is 5.26. The van der Waals surface area contributed by atoms with Crippen molar-refractivity contribution in [1.29, 1.82) is 0 Å². The second-order valence-electron chi connectivity index (χ2n) is 5.13. The average molecular weight is 323 g/mol. The molecule has 0 aliphatic rings. The molecule has 7 nitrogen and oxygen atoms in total. The van der Waals surface area contributed by atoms with Gasteiger partial charge in [0.1, 0.15) is 5.69 Å². The quantitative estimate of drug-likeness (QED) is 0.400. The minimum atomic E-state index is 0.414. The van der Waals surface area contributed by atoms with Gasteiger partial charge in [-0.15, -0.1) is 0 Å². The Balaban J connectivity index is 1.77. The van der Waals surface area contributed by atoms with Gasteiger partial charge in [0.05, 0.1) is 6.21 Å². The van der Waals surface area contributed by atoms with E-state index in [9.17, 15) is 0 Å². The normalized spacial score (nSPS) is 11.7. The second kappa shape index (κ2) is 5.33. The molecule has 3 N–H and O–H groups in total. The maximum atomic E-state index is 5.26. The number of nitrogens with zero attached hydrogens (tertiary/aromatic N) is 4. The number of rotatable bonds is 3. The minimum Gasteiger partial charge on any atom is -0.361 e. The van der Waals surface area contributed by atoms with Crippen LogP contribution in [0.15, 0.2) is 41.6 Å². The van der Waals surface area contributed by atoms with Crippen molar-refractivity contribution in [2.75, 3.05) is 0 Å². The van der Waals surface area contributed by atoms with Gasteiger partial charge in [-0.3, -0.25) is 5.10 Å². The van der Waals surface area contributed by atoms with Gasteiger partial charge < -0.3 is 4.98 Å². The van der Waals surface area contributed by atoms with Crippen LogP contribution in [0.5, 0.6) is 0 Å². The monoisotopic (exact) mass is 323 g/mol. The largest absolute Gasteiger partial charge is 0.361 e. The highest BCUT2D eigenvalue weighted by atomic mass is 32.1. The van der Waals surface area contributed by atoms with Crippen LogP contribution in [0.3, 0.4) is 0 Å². The zero-order valence-electron chi connectivity index (χ0n) is 12.2. The summed E-state index contributed by atoms with van der Waals surface area (Å²) in [6.07, 6.45) is 3.67. The lowest BCUT2D eigenvalue weighted by Gasteiger charge is -1.96. The van der Waals surface area contributed by atoms with Crippen LogP contribution in [0.25, 0.3) is 22.4 Å². The molecule has 0 aliphatic heterocycles. The predicted molar refractivity (Wildman–Crippen MR) is 91.0 cm³/mol. The first kappa shape index (κ1) is 13.6. The van der Waals surface area contributed by atoms with E-state index >= 15 is 0 Å². The van der Waals surface area contributed by atoms with Crippen LogP contribution >= 0.6 is 12.2 Å². The maximum absolute atomic E-state index is 5.26. The van der Waals surface area contributed by atoms with Crippen LogP contribution in [0.1, 0.15) is 11.3 Å². The molecule has 0 amide bonds. The Kier molecular flexibility index (Phi) is 3.16. The lowest BCUT2D eigenvalue weighted by Crippen LogP contribution is -1.95. The molecule has 0 fully saturated rings. The molecular formula is C15H13N7S. The van der Waals surface area contributed by atoms with E-state index in [2.05, 4.69) is 30.5 Å². The number of para-hydroxylation sites is 1. The van der Waals surface area contributed by atoms with Crippen LogP contribution in [0, 0.1) is 11.7 Å². The van der Waals surface area contributed by atoms with Crippen molar-refractivity contribution >= 4 is 29.3 Å². The van der Waals surface area contributed by atoms with E-state index < -0.39 is 0 Å². The third-order valence-electron chi connectivity index (χ3n) is 3.52. The molecular weight excluding hydrogens is 310 g/mol. The predicted octanol–water partition coefficient (Wildman–Crippen LogP) is 3.00. The molecule has 3 aromatic heterocycles. The highest BCUT2D eigenvalue weighted by molar-refractivity contribution is 7.71. The van der Waals surface area contributed by atoms with E-state index in [0.29, 0.717) is 16.3 Å². The van der Waals surface area contributed by atoms with Crippen molar-refractivity contribution in [3.05, 3.63) is 52.6 Å². The van der Waals surface area contributed by atoms with Crippen LogP contribution in [0.4, 0.5) is 0 Å². The Morgan fingerprint density at radius 2 is 2.09 bits per heavy atom. The number of benzene rings is 1. The molecule has 114 valence electrons. The van der Waals surface area contributed by atoms with Crippen LogP contribution in [0.2, 0.25) is 0 Å². The molecule has 1 aromatic carbocycles. The van der Waals surface area contributed by atoms with E-state index in [1.165, 1.54) is 0 Å². The molecule has 0 spiro atoms. The van der Waals surface area contributed by atoms with Gasteiger partial charge in [-0.25, -0.2) is 5.10 Å². The van der Waals surface area contributed by atoms with Crippen molar-refractivity contribution in [1.82, 2.24) is 30.1 Å². The second-order valence-corrected chi connectivity index (χ2v) is 5.52. The lowest BCUT2D eigenvalue weighted by molar-refractivity contribution is 0.865. The van der Waals surface area contributed by atoms with Gasteiger partial charge >= 0.3 is 0 Å². The third kappa shape index (κ3) is 2.38. The molecule has 0 saturated heterocycles. The first-order valence-electron chi connectivity index (χ1n) is 7.02. The average Bonchev–Trinajstić information content (AvgIpc) is 3.24. The van der Waals surface area contributed by atoms with Crippen molar-refractivity contribution in [3.63, 3.8) is 0 Å². The summed E-state index contributed by atoms with van der Waals surface area (Å²) in [5, 5.41) is 19.6. The van der Waals surface area contributed by atoms with E-state index in [1.54, 1.807) is 10.9 Å². The summed E-state index contributed by atoms with van der Waals surface area (Å²) in [6.45, 7) is 1.93. The van der Waals surface area contributed by atoms with E-state index in [1.807, 2.05) is 43.5 Å². The van der Waals surface area contributed by atoms with E-state index in [-0.39, 0.29) is 0 Å². The molecule has 4 aromatic rings. The van der Waals surface area contributed by atoms with Crippen LogP contribution in [-0.4, -0.2) is 36.3 Å². The van der Waals surface area contributed by atoms with Gasteiger partial charge in [0.15, 0.2) is 0 Å². The number of aromatic amines is 3. The van der Waals surface area contributed by atoms with Crippen molar-refractivity contribution in [2.24, 2.45) is 5.10 Å². The standard InChI is InChI=1S/C15H13N7S/c1-9-6-13(19-18-9)14-20-21-15(23)22(14)17-8-10-7-16-12-5-3-2-4-11(10)12/h2-8,16H,1H3,(H,18,19)(H,21,23)/b17-8+. The summed E-state index contributed by atoms with van der Waals surface area (Å²) in [5.74, 6) is 0.565. The topological polar surface area (TPSA) is 90.4 Å². The Hall–Kier alpha value is -3.00. The lowest BCUT2D eigenvalue weighted by atomic mass is 10.2. The Morgan fingerprint density at radius 1 is 1.22 bits per heavy atom. The smallest absolute Gasteiger partial charge is 0.216 e. The maximum Gasteiger partial charge on any atom is 0.216 e. The molecule has 0 unspecified atom stereocenters. The first-order chi connectivity index (χ1) is 11.2. The van der Waals surface area contributed by atoms with Crippen molar-refractivity contribution in [3.8, 4) is 11.5 Å². The molecule has 0 radical (unpaired) electrons. The Labute approximate surface area is 136 Å². The van der Waals surface area contributed by atoms with Crippen molar-refractivity contribution in [2.45, 2.75) is 6.92 Å². The summed E-state index contributed by atoms with van der Waals surface area (Å²) in [4.78, 5) is 3.22. The number of aromatic nitrogens is 6. The Morgan fingerprint density at radius 3 is 2.91 bits per heavy atom. The number of nitrogens with one attached hydrogen (secondary N) is 3. The van der Waals surface area contributed by atoms with E-state index in [0.717, 1.165) is 22.2 Å². The van der Waals surface area contributed by atoms with Gasteiger partial charge in [-0.05, 0) is 31.3 Å². The molecule has 4 rings (SSSR count). The summed E-state index contributed by atoms with van der Waals surface area (Å²) in [5.41, 5.74) is 3.67. The highest BCUT2D eigenvalue weighted by Crippen LogP contribution is 2.17. The fourth-order valence-electron chi connectivity index (χ4n) is 2.42. The number of hydrogen-bond donors (Lipinski definition) is 3. The summed E-state index contributed by atoms with van der Waals surface area (Å²) in [7, 11) is 0. The molecule has 8 heteroatoms. The highest BCUT2D eigenvalue weighted by Gasteiger charge is 2.11. The molecule has 0 bridgehead atoms. The molecule has 0 aliphatic carbocycles. The molecule has 3 heterocycles. The first-order valence-corrected chi connectivity index (χ1v) is 7.43.